The fourth-order valence-electron chi connectivity index (χ4n) is 4.00. The van der Waals surface area contributed by atoms with Crippen molar-refractivity contribution in [3.63, 3.8) is 0 Å². The van der Waals surface area contributed by atoms with Gasteiger partial charge in [-0.25, -0.2) is 0 Å². The number of rotatable bonds is 7. The van der Waals surface area contributed by atoms with E-state index in [9.17, 15) is 9.59 Å². The van der Waals surface area contributed by atoms with E-state index >= 15 is 0 Å². The third-order valence-electron chi connectivity index (χ3n) is 6.37. The van der Waals surface area contributed by atoms with E-state index in [4.69, 9.17) is 15.2 Å². The molecule has 0 fully saturated rings. The third-order valence-corrected chi connectivity index (χ3v) is 7.54. The normalized spacial score (nSPS) is 16.0. The lowest BCUT2D eigenvalue weighted by atomic mass is 9.69. The molecule has 1 heterocycles. The molecule has 162 valence electrons. The third kappa shape index (κ3) is 4.31. The summed E-state index contributed by atoms with van der Waals surface area (Å²) in [6, 6.07) is 4.97. The monoisotopic (exact) mass is 430 g/mol. The number of thiophene rings is 1. The van der Waals surface area contributed by atoms with Gasteiger partial charge in [0.2, 0.25) is 0 Å². The van der Waals surface area contributed by atoms with Crippen LogP contribution >= 0.6 is 11.3 Å². The van der Waals surface area contributed by atoms with E-state index in [1.54, 1.807) is 18.2 Å². The van der Waals surface area contributed by atoms with Crippen LogP contribution in [0.5, 0.6) is 11.5 Å². The maximum atomic E-state index is 12.9. The number of fused-ring (bicyclic) bond motifs is 1. The fraction of sp³-hybridized carbons (Fsp3) is 0.478. The second-order valence-electron chi connectivity index (χ2n) is 8.41. The van der Waals surface area contributed by atoms with E-state index < -0.39 is 5.91 Å². The molecule has 1 aromatic heterocycles. The Kier molecular flexibility index (Phi) is 6.41. The Bertz CT molecular complexity index is 942. The molecule has 1 atom stereocenters. The minimum Gasteiger partial charge on any atom is -0.497 e. The molecule has 7 heteroatoms. The maximum absolute atomic E-state index is 12.9. The van der Waals surface area contributed by atoms with Crippen molar-refractivity contribution in [2.75, 3.05) is 19.5 Å². The second kappa shape index (κ2) is 8.68. The smallest absolute Gasteiger partial charge is 0.256 e. The van der Waals surface area contributed by atoms with Gasteiger partial charge in [0.05, 0.1) is 19.8 Å². The van der Waals surface area contributed by atoms with E-state index in [1.165, 1.54) is 25.6 Å². The Morgan fingerprint density at radius 1 is 1.20 bits per heavy atom. The SMILES string of the molecule is CCC(C)(C)C1CCc2c(sc(NC(=O)c3cc(OC)cc(OC)c3)c2C(N)=O)C1. The number of benzene rings is 1. The lowest BCUT2D eigenvalue weighted by Crippen LogP contribution is -2.29. The zero-order chi connectivity index (χ0) is 22.1. The first-order valence-electron chi connectivity index (χ1n) is 10.2. The molecular formula is C23H30N2O4S. The van der Waals surface area contributed by atoms with Crippen LogP contribution in [0.1, 0.15) is 64.8 Å². The Hall–Kier alpha value is -2.54. The van der Waals surface area contributed by atoms with Gasteiger partial charge < -0.3 is 20.5 Å². The van der Waals surface area contributed by atoms with E-state index in [-0.39, 0.29) is 11.3 Å². The zero-order valence-corrected chi connectivity index (χ0v) is 19.1. The van der Waals surface area contributed by atoms with Gasteiger partial charge in [0, 0.05) is 16.5 Å². The van der Waals surface area contributed by atoms with Crippen molar-refractivity contribution in [3.05, 3.63) is 39.8 Å². The molecule has 30 heavy (non-hydrogen) atoms. The molecule has 2 amide bonds. The van der Waals surface area contributed by atoms with Gasteiger partial charge in [-0.15, -0.1) is 11.3 Å². The highest BCUT2D eigenvalue weighted by atomic mass is 32.1. The molecule has 3 N–H and O–H groups in total. The topological polar surface area (TPSA) is 90.7 Å². The molecule has 0 aliphatic heterocycles. The molecule has 0 radical (unpaired) electrons. The Morgan fingerprint density at radius 3 is 2.37 bits per heavy atom. The van der Waals surface area contributed by atoms with Gasteiger partial charge in [-0.2, -0.15) is 0 Å². The first-order valence-corrected chi connectivity index (χ1v) is 11.0. The first kappa shape index (κ1) is 22.2. The molecule has 3 rings (SSSR count). The number of methoxy groups -OCH3 is 2. The molecule has 0 bridgehead atoms. The summed E-state index contributed by atoms with van der Waals surface area (Å²) in [5.41, 5.74) is 7.77. The predicted octanol–water partition coefficient (Wildman–Crippen LogP) is 4.66. The Morgan fingerprint density at radius 2 is 1.83 bits per heavy atom. The molecule has 0 saturated carbocycles. The summed E-state index contributed by atoms with van der Waals surface area (Å²) in [5, 5.41) is 3.43. The van der Waals surface area contributed by atoms with Crippen LogP contribution in [0.4, 0.5) is 5.00 Å². The lowest BCUT2D eigenvalue weighted by molar-refractivity contribution is 0.0999. The number of anilines is 1. The molecule has 2 aromatic rings. The highest BCUT2D eigenvalue weighted by Gasteiger charge is 2.35. The Balaban J connectivity index is 1.92. The number of carbonyl (C=O) groups excluding carboxylic acids is 2. The summed E-state index contributed by atoms with van der Waals surface area (Å²) in [5.74, 6) is 0.744. The number of carbonyl (C=O) groups is 2. The molecule has 1 aliphatic rings. The number of nitrogens with one attached hydrogen (secondary N) is 1. The van der Waals surface area contributed by atoms with Crippen molar-refractivity contribution in [3.8, 4) is 11.5 Å². The minimum atomic E-state index is -0.501. The Labute approximate surface area is 181 Å². The second-order valence-corrected chi connectivity index (χ2v) is 9.51. The molecule has 0 spiro atoms. The van der Waals surface area contributed by atoms with Crippen LogP contribution in [-0.4, -0.2) is 26.0 Å². The van der Waals surface area contributed by atoms with Gasteiger partial charge in [-0.05, 0) is 48.3 Å². The summed E-state index contributed by atoms with van der Waals surface area (Å²) < 4.78 is 10.5. The van der Waals surface area contributed by atoms with Crippen LogP contribution in [0.2, 0.25) is 0 Å². The molecule has 1 unspecified atom stereocenters. The number of hydrogen-bond donors (Lipinski definition) is 2. The van der Waals surface area contributed by atoms with Crippen molar-refractivity contribution in [1.82, 2.24) is 0 Å². The molecule has 1 aliphatic carbocycles. The van der Waals surface area contributed by atoms with Crippen LogP contribution < -0.4 is 20.5 Å². The van der Waals surface area contributed by atoms with Crippen molar-refractivity contribution in [2.45, 2.75) is 46.5 Å². The zero-order valence-electron chi connectivity index (χ0n) is 18.3. The van der Waals surface area contributed by atoms with Crippen LogP contribution in [0.3, 0.4) is 0 Å². The number of primary amides is 1. The fourth-order valence-corrected chi connectivity index (χ4v) is 5.33. The van der Waals surface area contributed by atoms with Gasteiger partial charge in [0.15, 0.2) is 0 Å². The van der Waals surface area contributed by atoms with Gasteiger partial charge in [-0.1, -0.05) is 27.2 Å². The summed E-state index contributed by atoms with van der Waals surface area (Å²) in [6.07, 6.45) is 3.83. The van der Waals surface area contributed by atoms with E-state index in [2.05, 4.69) is 26.1 Å². The van der Waals surface area contributed by atoms with Crippen LogP contribution in [-0.2, 0) is 12.8 Å². The number of nitrogens with two attached hydrogens (primary N) is 1. The van der Waals surface area contributed by atoms with E-state index in [0.717, 1.165) is 36.1 Å². The standard InChI is InChI=1S/C23H30N2O4S/c1-6-23(2,3)14-7-8-17-18(11-14)30-22(19(17)20(24)26)25-21(27)13-9-15(28-4)12-16(10-13)29-5/h9-10,12,14H,6-8,11H2,1-5H3,(H2,24,26)(H,25,27). The highest BCUT2D eigenvalue weighted by molar-refractivity contribution is 7.17. The van der Waals surface area contributed by atoms with Crippen molar-refractivity contribution >= 4 is 28.2 Å². The van der Waals surface area contributed by atoms with E-state index in [1.807, 2.05) is 0 Å². The van der Waals surface area contributed by atoms with Crippen LogP contribution in [0.25, 0.3) is 0 Å². The van der Waals surface area contributed by atoms with E-state index in [0.29, 0.717) is 33.5 Å². The highest BCUT2D eigenvalue weighted by Crippen LogP contribution is 2.45. The maximum Gasteiger partial charge on any atom is 0.256 e. The van der Waals surface area contributed by atoms with Gasteiger partial charge in [0.1, 0.15) is 16.5 Å². The minimum absolute atomic E-state index is 0.231. The number of ether oxygens (including phenoxy) is 2. The van der Waals surface area contributed by atoms with Crippen LogP contribution in [0, 0.1) is 11.3 Å². The summed E-state index contributed by atoms with van der Waals surface area (Å²) in [4.78, 5) is 26.3. The average molecular weight is 431 g/mol. The summed E-state index contributed by atoms with van der Waals surface area (Å²) in [7, 11) is 3.06. The number of hydrogen-bond acceptors (Lipinski definition) is 5. The molecule has 0 saturated heterocycles. The first-order chi connectivity index (χ1) is 14.2. The summed E-state index contributed by atoms with van der Waals surface area (Å²) >= 11 is 1.47. The average Bonchev–Trinajstić information content (AvgIpc) is 3.10. The van der Waals surface area contributed by atoms with Crippen molar-refractivity contribution in [2.24, 2.45) is 17.1 Å². The lowest BCUT2D eigenvalue weighted by Gasteiger charge is -2.36. The van der Waals surface area contributed by atoms with Gasteiger partial charge in [-0.3, -0.25) is 9.59 Å². The largest absolute Gasteiger partial charge is 0.497 e. The van der Waals surface area contributed by atoms with Gasteiger partial charge in [0.25, 0.3) is 11.8 Å². The number of amides is 2. The quantitative estimate of drug-likeness (QED) is 0.668. The van der Waals surface area contributed by atoms with Crippen molar-refractivity contribution in [1.29, 1.82) is 0 Å². The molecule has 1 aromatic carbocycles. The van der Waals surface area contributed by atoms with Crippen LogP contribution in [0.15, 0.2) is 18.2 Å². The van der Waals surface area contributed by atoms with Crippen molar-refractivity contribution < 1.29 is 19.1 Å². The molecular weight excluding hydrogens is 400 g/mol. The summed E-state index contributed by atoms with van der Waals surface area (Å²) in [6.45, 7) is 6.81. The predicted molar refractivity (Wildman–Crippen MR) is 120 cm³/mol. The molecule has 6 nitrogen and oxygen atoms in total. The van der Waals surface area contributed by atoms with Gasteiger partial charge >= 0.3 is 0 Å².